The lowest BCUT2D eigenvalue weighted by atomic mass is 9.98. The molecule has 5 aromatic rings. The minimum atomic E-state index is -0.903. The first kappa shape index (κ1) is 41.0. The van der Waals surface area contributed by atoms with Crippen LogP contribution in [0.3, 0.4) is 0 Å². The number of fused-ring (bicyclic) bond motifs is 1. The number of carbonyl (C=O) groups excluding carboxylic acids is 4. The van der Waals surface area contributed by atoms with Gasteiger partial charge in [-0.3, -0.25) is 24.4 Å². The molecule has 1 heterocycles. The van der Waals surface area contributed by atoms with Crippen LogP contribution in [0.25, 0.3) is 10.8 Å². The summed E-state index contributed by atoms with van der Waals surface area (Å²) in [4.78, 5) is 59.1. The molecule has 5 N–H and O–H groups in total. The van der Waals surface area contributed by atoms with Gasteiger partial charge in [-0.25, -0.2) is 9.59 Å². The summed E-state index contributed by atoms with van der Waals surface area (Å²) in [5, 5.41) is 4.83. The molecule has 1 aromatic heterocycles. The summed E-state index contributed by atoms with van der Waals surface area (Å²) in [6.45, 7) is 7.79. The van der Waals surface area contributed by atoms with Gasteiger partial charge in [0, 0.05) is 23.9 Å². The number of thiocarbonyl (C=S) groups is 1. The van der Waals surface area contributed by atoms with E-state index < -0.39 is 41.6 Å². The molecular weight excluding hydrogens is 725 g/mol. The highest BCUT2D eigenvalue weighted by Gasteiger charge is 2.27. The number of rotatable bonds is 14. The van der Waals surface area contributed by atoms with E-state index in [1.54, 1.807) is 62.2 Å². The molecule has 5 rings (SSSR count). The van der Waals surface area contributed by atoms with Gasteiger partial charge in [-0.15, -0.1) is 0 Å². The number of aryl methyl sites for hydroxylation is 1. The summed E-state index contributed by atoms with van der Waals surface area (Å²) in [7, 11) is 0. The van der Waals surface area contributed by atoms with Crippen molar-refractivity contribution in [1.82, 2.24) is 20.1 Å². The van der Waals surface area contributed by atoms with Crippen molar-refractivity contribution in [2.75, 3.05) is 0 Å². The van der Waals surface area contributed by atoms with Gasteiger partial charge < -0.3 is 21.5 Å². The van der Waals surface area contributed by atoms with E-state index in [2.05, 4.69) is 10.3 Å². The Morgan fingerprint density at radius 2 is 1.52 bits per heavy atom. The smallest absolute Gasteiger partial charge is 0.410 e. The summed E-state index contributed by atoms with van der Waals surface area (Å²) < 4.78 is 5.63. The predicted molar refractivity (Wildman–Crippen MR) is 221 cm³/mol. The zero-order valence-corrected chi connectivity index (χ0v) is 32.9. The Morgan fingerprint density at radius 1 is 0.821 bits per heavy atom. The first-order chi connectivity index (χ1) is 26.7. The number of primary amides is 2. The highest BCUT2D eigenvalue weighted by Crippen LogP contribution is 2.30. The summed E-state index contributed by atoms with van der Waals surface area (Å²) >= 11 is 5.83. The van der Waals surface area contributed by atoms with Gasteiger partial charge in [0.15, 0.2) is 0 Å². The zero-order chi connectivity index (χ0) is 40.4. The monoisotopic (exact) mass is 772 g/mol. The van der Waals surface area contributed by atoms with E-state index in [0.29, 0.717) is 41.1 Å². The fourth-order valence-electron chi connectivity index (χ4n) is 6.44. The van der Waals surface area contributed by atoms with Crippen LogP contribution >= 0.6 is 12.2 Å². The van der Waals surface area contributed by atoms with Crippen LogP contribution in [0.2, 0.25) is 0 Å². The van der Waals surface area contributed by atoms with Gasteiger partial charge in [-0.1, -0.05) is 91.1 Å². The van der Waals surface area contributed by atoms with E-state index in [9.17, 15) is 19.2 Å². The molecule has 0 saturated carbocycles. The maximum absolute atomic E-state index is 13.2. The molecule has 11 nitrogen and oxygen atoms in total. The van der Waals surface area contributed by atoms with Crippen LogP contribution in [0.15, 0.2) is 115 Å². The molecule has 0 aliphatic carbocycles. The summed E-state index contributed by atoms with van der Waals surface area (Å²) in [6.07, 6.45) is 2.58. The fraction of sp³-hybridized carbons (Fsp3) is 0.273. The lowest BCUT2D eigenvalue weighted by Gasteiger charge is -2.29. The molecule has 1 unspecified atom stereocenters. The van der Waals surface area contributed by atoms with Gasteiger partial charge in [0.1, 0.15) is 16.6 Å². The number of aromatic nitrogens is 1. The lowest BCUT2D eigenvalue weighted by molar-refractivity contribution is -0.120. The third-order valence-electron chi connectivity index (χ3n) is 9.22. The molecule has 56 heavy (non-hydrogen) atoms. The first-order valence-corrected chi connectivity index (χ1v) is 18.9. The minimum Gasteiger partial charge on any atom is -0.444 e. The number of urea groups is 1. The van der Waals surface area contributed by atoms with Gasteiger partial charge in [0.25, 0.3) is 5.91 Å². The second-order valence-corrected chi connectivity index (χ2v) is 15.0. The Bertz CT molecular complexity index is 2180. The number of pyridine rings is 1. The molecule has 0 saturated heterocycles. The van der Waals surface area contributed by atoms with Crippen LogP contribution in [0, 0.1) is 0 Å². The molecule has 0 spiro atoms. The number of nitrogens with zero attached hydrogens (tertiary/aromatic N) is 3. The van der Waals surface area contributed by atoms with Gasteiger partial charge in [-0.2, -0.15) is 0 Å². The largest absolute Gasteiger partial charge is 0.444 e. The van der Waals surface area contributed by atoms with E-state index in [1.165, 1.54) is 4.90 Å². The molecule has 4 aromatic carbocycles. The summed E-state index contributed by atoms with van der Waals surface area (Å²) in [5.74, 6) is -1.09. The van der Waals surface area contributed by atoms with E-state index in [0.717, 1.165) is 27.5 Å². The number of hydrogen-bond donors (Lipinski definition) is 3. The van der Waals surface area contributed by atoms with Crippen molar-refractivity contribution in [3.63, 3.8) is 0 Å². The van der Waals surface area contributed by atoms with Crippen molar-refractivity contribution in [3.05, 3.63) is 149 Å². The Labute approximate surface area is 333 Å². The van der Waals surface area contributed by atoms with Gasteiger partial charge in [0.2, 0.25) is 5.91 Å². The Kier molecular flexibility index (Phi) is 13.5. The average Bonchev–Trinajstić information content (AvgIpc) is 3.17. The van der Waals surface area contributed by atoms with E-state index in [-0.39, 0.29) is 13.1 Å². The molecule has 2 atom stereocenters. The molecule has 12 heteroatoms. The molecular formula is C44H48N6O5S. The average molecular weight is 773 g/mol. The number of ether oxygens (including phenoxy) is 1. The number of nitrogens with one attached hydrogen (secondary N) is 1. The van der Waals surface area contributed by atoms with Crippen LogP contribution in [-0.4, -0.2) is 55.4 Å². The van der Waals surface area contributed by atoms with Crippen molar-refractivity contribution in [2.24, 2.45) is 11.5 Å². The quantitative estimate of drug-likeness (QED) is 0.0980. The maximum Gasteiger partial charge on any atom is 0.410 e. The minimum absolute atomic E-state index is 0.229. The van der Waals surface area contributed by atoms with Crippen LogP contribution in [0.5, 0.6) is 0 Å². The van der Waals surface area contributed by atoms with Gasteiger partial charge >= 0.3 is 12.1 Å². The molecule has 0 bridgehead atoms. The SMILES string of the molecule is C[C@@H](c1cccc2ccccc12)N(C(N)=O)C(=S)c1cccc(CCCC(NC(=O)c2ccc(CN(Cc3ccccn3)C(=O)OC(C)(C)C)cc2)C(N)=O)c1. The standard InChI is InChI=1S/C44H48N6O5S/c1-29(36-19-11-15-32-14-5-6-18-37(32)36)50(42(46)53)41(56)34-16-9-12-30(26-34)13-10-20-38(39(45)51)48-40(52)33-23-21-31(22-24-33)27-49(43(54)55-44(2,3)4)28-35-17-7-8-25-47-35/h5-9,11-12,14-19,21-26,29,38H,10,13,20,27-28H2,1-4H3,(H2,45,51)(H2,46,53)(H,48,52)/t29-,38?/m0/s1. The number of carbonyl (C=O) groups is 4. The van der Waals surface area contributed by atoms with E-state index in [4.69, 9.17) is 28.4 Å². The molecule has 5 amide bonds. The number of nitrogens with two attached hydrogens (primary N) is 2. The Hall–Kier alpha value is -6.14. The summed E-state index contributed by atoms with van der Waals surface area (Å²) in [5.41, 5.74) is 15.3. The third kappa shape index (κ3) is 11.0. The topological polar surface area (TPSA) is 161 Å². The third-order valence-corrected chi connectivity index (χ3v) is 9.65. The Morgan fingerprint density at radius 3 is 2.20 bits per heavy atom. The highest BCUT2D eigenvalue weighted by molar-refractivity contribution is 7.80. The van der Waals surface area contributed by atoms with Crippen LogP contribution < -0.4 is 16.8 Å². The normalized spacial score (nSPS) is 12.3. The predicted octanol–water partition coefficient (Wildman–Crippen LogP) is 7.60. The molecule has 0 radical (unpaired) electrons. The van der Waals surface area contributed by atoms with Crippen molar-refractivity contribution in [1.29, 1.82) is 0 Å². The number of benzene rings is 4. The number of amides is 5. The van der Waals surface area contributed by atoms with Crippen LogP contribution in [0.1, 0.15) is 84.9 Å². The first-order valence-electron chi connectivity index (χ1n) is 18.5. The van der Waals surface area contributed by atoms with Crippen molar-refractivity contribution >= 4 is 51.9 Å². The van der Waals surface area contributed by atoms with Crippen LogP contribution in [0.4, 0.5) is 9.59 Å². The molecule has 0 aliphatic rings. The van der Waals surface area contributed by atoms with Crippen molar-refractivity contribution < 1.29 is 23.9 Å². The zero-order valence-electron chi connectivity index (χ0n) is 32.1. The summed E-state index contributed by atoms with van der Waals surface area (Å²) in [6, 6.07) is 31.7. The van der Waals surface area contributed by atoms with Gasteiger partial charge in [0.05, 0.1) is 18.3 Å². The molecule has 0 fully saturated rings. The lowest BCUT2D eigenvalue weighted by Crippen LogP contribution is -2.44. The van der Waals surface area contributed by atoms with Crippen LogP contribution in [-0.2, 0) is 29.0 Å². The maximum atomic E-state index is 13.2. The second kappa shape index (κ2) is 18.5. The highest BCUT2D eigenvalue weighted by atomic mass is 32.1. The fourth-order valence-corrected chi connectivity index (χ4v) is 6.81. The Balaban J connectivity index is 1.19. The molecule has 290 valence electrons. The van der Waals surface area contributed by atoms with E-state index in [1.807, 2.05) is 85.8 Å². The van der Waals surface area contributed by atoms with Crippen molar-refractivity contribution in [2.45, 2.75) is 77.7 Å². The van der Waals surface area contributed by atoms with E-state index >= 15 is 0 Å². The number of hydrogen-bond acceptors (Lipinski definition) is 7. The van der Waals surface area contributed by atoms with Gasteiger partial charge in [-0.05, 0) is 105 Å². The second-order valence-electron chi connectivity index (χ2n) is 14.6. The van der Waals surface area contributed by atoms with Crippen molar-refractivity contribution in [3.8, 4) is 0 Å². The molecule has 0 aliphatic heterocycles.